The number of likely N-dealkylation sites (tertiary alicyclic amines) is 1. The first-order valence-electron chi connectivity index (χ1n) is 7.27. The third-order valence-corrected chi connectivity index (χ3v) is 5.47. The van der Waals surface area contributed by atoms with Gasteiger partial charge >= 0.3 is 12.1 Å². The van der Waals surface area contributed by atoms with Gasteiger partial charge in [0.1, 0.15) is 6.61 Å². The second-order valence-corrected chi connectivity index (χ2v) is 6.61. The van der Waals surface area contributed by atoms with E-state index in [9.17, 15) is 9.59 Å². The topological polar surface area (TPSA) is 66.8 Å². The first-order chi connectivity index (χ1) is 9.51. The number of carboxylic acid groups (broad SMARTS) is 1. The van der Waals surface area contributed by atoms with Gasteiger partial charge in [-0.15, -0.1) is 0 Å². The molecule has 0 radical (unpaired) electrons. The van der Waals surface area contributed by atoms with Gasteiger partial charge in [0, 0.05) is 13.1 Å². The number of ether oxygens (including phenoxy) is 1. The van der Waals surface area contributed by atoms with Crippen LogP contribution in [-0.4, -0.2) is 41.8 Å². The molecule has 4 aliphatic rings. The van der Waals surface area contributed by atoms with Crippen LogP contribution in [-0.2, 0) is 9.53 Å². The summed E-state index contributed by atoms with van der Waals surface area (Å²) in [5.41, 5.74) is -0.116. The average Bonchev–Trinajstić information content (AvgIpc) is 2.33. The molecule has 5 heteroatoms. The van der Waals surface area contributed by atoms with E-state index in [1.807, 2.05) is 0 Å². The van der Waals surface area contributed by atoms with Crippen molar-refractivity contribution >= 4 is 12.1 Å². The van der Waals surface area contributed by atoms with Gasteiger partial charge in [0.2, 0.25) is 0 Å². The SMILES string of the molecule is C=CCOC(=O)N1CCC(C23CC(C(=O)O)(C2)C3)CC1. The van der Waals surface area contributed by atoms with Gasteiger partial charge in [0.25, 0.3) is 0 Å². The third kappa shape index (κ3) is 1.83. The largest absolute Gasteiger partial charge is 0.481 e. The van der Waals surface area contributed by atoms with Gasteiger partial charge in [-0.2, -0.15) is 0 Å². The third-order valence-electron chi connectivity index (χ3n) is 5.47. The molecule has 0 unspecified atom stereocenters. The molecule has 1 saturated heterocycles. The van der Waals surface area contributed by atoms with E-state index in [-0.39, 0.29) is 23.5 Å². The number of carboxylic acids is 1. The van der Waals surface area contributed by atoms with Gasteiger partial charge in [-0.3, -0.25) is 4.79 Å². The minimum atomic E-state index is -0.621. The predicted octanol–water partition coefficient (Wildman–Crippen LogP) is 2.28. The molecule has 3 aliphatic carbocycles. The van der Waals surface area contributed by atoms with E-state index in [1.165, 1.54) is 0 Å². The lowest BCUT2D eigenvalue weighted by atomic mass is 9.31. The lowest BCUT2D eigenvalue weighted by molar-refractivity contribution is -0.247. The molecule has 20 heavy (non-hydrogen) atoms. The first-order valence-corrected chi connectivity index (χ1v) is 7.27. The van der Waals surface area contributed by atoms with Gasteiger partial charge in [-0.1, -0.05) is 12.7 Å². The number of aliphatic carboxylic acids is 1. The minimum Gasteiger partial charge on any atom is -0.481 e. The summed E-state index contributed by atoms with van der Waals surface area (Å²) in [5.74, 6) is -0.0445. The summed E-state index contributed by atoms with van der Waals surface area (Å²) in [6.07, 6.45) is 5.79. The molecule has 1 amide bonds. The Hall–Kier alpha value is -1.52. The van der Waals surface area contributed by atoms with Crippen LogP contribution in [0, 0.1) is 16.7 Å². The van der Waals surface area contributed by atoms with Gasteiger partial charge in [-0.25, -0.2) is 4.79 Å². The Bertz CT molecular complexity index is 431. The van der Waals surface area contributed by atoms with Crippen molar-refractivity contribution in [1.29, 1.82) is 0 Å². The summed E-state index contributed by atoms with van der Waals surface area (Å²) in [5, 5.41) is 9.16. The highest BCUT2D eigenvalue weighted by Gasteiger charge is 2.73. The molecule has 1 heterocycles. The van der Waals surface area contributed by atoms with Crippen LogP contribution in [0.15, 0.2) is 12.7 Å². The van der Waals surface area contributed by atoms with Crippen molar-refractivity contribution in [2.75, 3.05) is 19.7 Å². The normalized spacial score (nSPS) is 35.7. The maximum Gasteiger partial charge on any atom is 0.410 e. The molecule has 0 aromatic heterocycles. The Labute approximate surface area is 118 Å². The number of carbonyl (C=O) groups excluding carboxylic acids is 1. The van der Waals surface area contributed by atoms with Crippen molar-refractivity contribution in [1.82, 2.24) is 4.90 Å². The summed E-state index contributed by atoms with van der Waals surface area (Å²) in [4.78, 5) is 24.6. The van der Waals surface area contributed by atoms with Crippen molar-refractivity contribution in [2.45, 2.75) is 32.1 Å². The standard InChI is InChI=1S/C15H21NO4/c1-2-7-20-13(19)16-5-3-11(4-6-16)14-8-15(9-14,10-14)12(17)18/h2,11H,1,3-10H2,(H,17,18). The second-order valence-electron chi connectivity index (χ2n) is 6.61. The number of piperidine rings is 1. The van der Waals surface area contributed by atoms with E-state index in [2.05, 4.69) is 6.58 Å². The zero-order chi connectivity index (χ0) is 14.4. The molecule has 4 fully saturated rings. The highest BCUT2D eigenvalue weighted by molar-refractivity contribution is 5.79. The first kappa shape index (κ1) is 13.5. The molecule has 0 spiro atoms. The fourth-order valence-electron chi connectivity index (χ4n) is 4.42. The van der Waals surface area contributed by atoms with Crippen molar-refractivity contribution in [3.05, 3.63) is 12.7 Å². The molecule has 110 valence electrons. The van der Waals surface area contributed by atoms with Gasteiger partial charge in [-0.05, 0) is 43.4 Å². The van der Waals surface area contributed by atoms with Crippen LogP contribution in [0.3, 0.4) is 0 Å². The lowest BCUT2D eigenvalue weighted by Crippen LogP contribution is -2.68. The van der Waals surface area contributed by atoms with Crippen LogP contribution in [0.2, 0.25) is 0 Å². The van der Waals surface area contributed by atoms with Crippen LogP contribution >= 0.6 is 0 Å². The van der Waals surface area contributed by atoms with Crippen LogP contribution in [0.5, 0.6) is 0 Å². The van der Waals surface area contributed by atoms with Crippen LogP contribution in [0.25, 0.3) is 0 Å². The van der Waals surface area contributed by atoms with Crippen LogP contribution < -0.4 is 0 Å². The van der Waals surface area contributed by atoms with Crippen molar-refractivity contribution < 1.29 is 19.4 Å². The smallest absolute Gasteiger partial charge is 0.410 e. The summed E-state index contributed by atoms with van der Waals surface area (Å²) < 4.78 is 5.04. The molecular weight excluding hydrogens is 258 g/mol. The van der Waals surface area contributed by atoms with Gasteiger partial charge in [0.15, 0.2) is 0 Å². The van der Waals surface area contributed by atoms with Gasteiger partial charge in [0.05, 0.1) is 5.41 Å². The molecule has 5 nitrogen and oxygen atoms in total. The number of rotatable bonds is 4. The Morgan fingerprint density at radius 2 is 1.90 bits per heavy atom. The maximum atomic E-state index is 11.7. The fraction of sp³-hybridized carbons (Fsp3) is 0.733. The number of hydrogen-bond acceptors (Lipinski definition) is 3. The molecule has 0 aromatic rings. The van der Waals surface area contributed by atoms with Crippen LogP contribution in [0.4, 0.5) is 4.79 Å². The molecule has 0 aromatic carbocycles. The fourth-order valence-corrected chi connectivity index (χ4v) is 4.42. The van der Waals surface area contributed by atoms with E-state index in [0.29, 0.717) is 5.92 Å². The van der Waals surface area contributed by atoms with Gasteiger partial charge < -0.3 is 14.7 Å². The van der Waals surface area contributed by atoms with Crippen molar-refractivity contribution in [3.8, 4) is 0 Å². The summed E-state index contributed by atoms with van der Waals surface area (Å²) in [6, 6.07) is 0. The molecule has 1 N–H and O–H groups in total. The summed E-state index contributed by atoms with van der Waals surface area (Å²) in [7, 11) is 0. The molecule has 0 atom stereocenters. The Balaban J connectivity index is 1.48. The second kappa shape index (κ2) is 4.50. The van der Waals surface area contributed by atoms with Crippen LogP contribution in [0.1, 0.15) is 32.1 Å². The number of carbonyl (C=O) groups is 2. The Morgan fingerprint density at radius 1 is 1.30 bits per heavy atom. The predicted molar refractivity (Wildman–Crippen MR) is 72.2 cm³/mol. The highest BCUT2D eigenvalue weighted by atomic mass is 16.6. The van der Waals surface area contributed by atoms with E-state index in [1.54, 1.807) is 11.0 Å². The molecule has 2 bridgehead atoms. The zero-order valence-corrected chi connectivity index (χ0v) is 11.6. The number of amides is 1. The highest BCUT2D eigenvalue weighted by Crippen LogP contribution is 2.77. The Morgan fingerprint density at radius 3 is 2.40 bits per heavy atom. The van der Waals surface area contributed by atoms with Crippen molar-refractivity contribution in [2.24, 2.45) is 16.7 Å². The van der Waals surface area contributed by atoms with Crippen molar-refractivity contribution in [3.63, 3.8) is 0 Å². The van der Waals surface area contributed by atoms with E-state index < -0.39 is 5.97 Å². The van der Waals surface area contributed by atoms with E-state index in [4.69, 9.17) is 9.84 Å². The summed E-state index contributed by atoms with van der Waals surface area (Å²) in [6.45, 7) is 5.23. The minimum absolute atomic E-state index is 0.254. The molecular formula is C15H21NO4. The zero-order valence-electron chi connectivity index (χ0n) is 11.6. The average molecular weight is 279 g/mol. The van der Waals surface area contributed by atoms with E-state index >= 15 is 0 Å². The monoisotopic (exact) mass is 279 g/mol. The quantitative estimate of drug-likeness (QED) is 0.802. The number of hydrogen-bond donors (Lipinski definition) is 1. The summed E-state index contributed by atoms with van der Waals surface area (Å²) >= 11 is 0. The number of nitrogens with zero attached hydrogens (tertiary/aromatic N) is 1. The molecule has 1 aliphatic heterocycles. The molecule has 3 saturated carbocycles. The maximum absolute atomic E-state index is 11.7. The lowest BCUT2D eigenvalue weighted by Gasteiger charge is -2.71. The molecule has 4 rings (SSSR count). The van der Waals surface area contributed by atoms with E-state index in [0.717, 1.165) is 45.2 Å². The Kier molecular flexibility index (Phi) is 3.03.